The fraction of sp³-hybridized carbons (Fsp3) is 0.0385. The lowest BCUT2D eigenvalue weighted by Gasteiger charge is -2.11. The highest BCUT2D eigenvalue weighted by Gasteiger charge is 2.09. The van der Waals surface area contributed by atoms with Crippen LogP contribution in [0.5, 0.6) is 17.2 Å². The molecule has 0 radical (unpaired) electrons. The van der Waals surface area contributed by atoms with Crippen molar-refractivity contribution in [2.45, 2.75) is 6.61 Å². The molecule has 0 spiro atoms. The summed E-state index contributed by atoms with van der Waals surface area (Å²) in [6.07, 6.45) is 1.81. The van der Waals surface area contributed by atoms with Gasteiger partial charge in [0.2, 0.25) is 0 Å². The van der Waals surface area contributed by atoms with E-state index in [0.29, 0.717) is 11.6 Å². The maximum atomic E-state index is 6.04. The molecular formula is C26H18Br2ClNO2. The number of hydrogen-bond acceptors (Lipinski definition) is 3. The number of rotatable bonds is 7. The fourth-order valence-electron chi connectivity index (χ4n) is 2.95. The molecule has 0 fully saturated rings. The van der Waals surface area contributed by atoms with Gasteiger partial charge in [0.25, 0.3) is 0 Å². The first kappa shape index (κ1) is 22.6. The minimum absolute atomic E-state index is 0.419. The summed E-state index contributed by atoms with van der Waals surface area (Å²) in [5, 5.41) is 0.690. The van der Waals surface area contributed by atoms with E-state index < -0.39 is 0 Å². The Balaban J connectivity index is 1.41. The molecule has 6 heteroatoms. The summed E-state index contributed by atoms with van der Waals surface area (Å²) in [7, 11) is 0. The molecule has 0 bridgehead atoms. The van der Waals surface area contributed by atoms with Crippen LogP contribution in [0.4, 0.5) is 5.69 Å². The molecule has 0 saturated heterocycles. The minimum atomic E-state index is 0.419. The van der Waals surface area contributed by atoms with Crippen LogP contribution in [0, 0.1) is 0 Å². The Bertz CT molecular complexity index is 1210. The van der Waals surface area contributed by atoms with E-state index in [4.69, 9.17) is 21.1 Å². The number of halogens is 3. The van der Waals surface area contributed by atoms with E-state index in [1.54, 1.807) is 0 Å². The first-order valence-corrected chi connectivity index (χ1v) is 11.8. The van der Waals surface area contributed by atoms with Gasteiger partial charge < -0.3 is 9.47 Å². The molecule has 0 atom stereocenters. The molecular weight excluding hydrogens is 554 g/mol. The van der Waals surface area contributed by atoms with E-state index in [1.165, 1.54) is 0 Å². The average molecular weight is 572 g/mol. The van der Waals surface area contributed by atoms with Crippen LogP contribution >= 0.6 is 43.5 Å². The summed E-state index contributed by atoms with van der Waals surface area (Å²) in [4.78, 5) is 4.56. The summed E-state index contributed by atoms with van der Waals surface area (Å²) < 4.78 is 13.5. The zero-order valence-electron chi connectivity index (χ0n) is 16.8. The highest BCUT2D eigenvalue weighted by molar-refractivity contribution is 9.11. The lowest BCUT2D eigenvalue weighted by atomic mass is 10.2. The molecule has 0 aliphatic heterocycles. The van der Waals surface area contributed by atoms with Crippen LogP contribution in [0.25, 0.3) is 0 Å². The molecule has 0 aromatic heterocycles. The molecule has 0 saturated carbocycles. The van der Waals surface area contributed by atoms with E-state index >= 15 is 0 Å². The molecule has 32 heavy (non-hydrogen) atoms. The third kappa shape index (κ3) is 6.22. The molecule has 0 unspecified atom stereocenters. The minimum Gasteiger partial charge on any atom is -0.487 e. The molecule has 4 aromatic carbocycles. The molecule has 4 rings (SSSR count). The Hall–Kier alpha value is -2.60. The summed E-state index contributed by atoms with van der Waals surface area (Å²) in [6, 6.07) is 28.9. The number of benzene rings is 4. The number of hydrogen-bond donors (Lipinski definition) is 0. The Morgan fingerprint density at radius 1 is 0.781 bits per heavy atom. The first-order chi connectivity index (χ1) is 15.6. The zero-order chi connectivity index (χ0) is 22.3. The van der Waals surface area contributed by atoms with Gasteiger partial charge in [-0.3, -0.25) is 4.99 Å². The predicted octanol–water partition coefficient (Wildman–Crippen LogP) is 8.99. The van der Waals surface area contributed by atoms with Crippen molar-refractivity contribution in [3.8, 4) is 17.2 Å². The van der Waals surface area contributed by atoms with E-state index in [1.807, 2.05) is 97.2 Å². The van der Waals surface area contributed by atoms with Gasteiger partial charge in [-0.1, -0.05) is 41.9 Å². The second-order valence-corrected chi connectivity index (χ2v) is 9.04. The van der Waals surface area contributed by atoms with Crippen molar-refractivity contribution >= 4 is 55.4 Å². The summed E-state index contributed by atoms with van der Waals surface area (Å²) in [6.45, 7) is 0.419. The summed E-state index contributed by atoms with van der Waals surface area (Å²) in [5.41, 5.74) is 2.77. The molecule has 0 heterocycles. The Labute approximate surface area is 208 Å². The van der Waals surface area contributed by atoms with Crippen molar-refractivity contribution in [3.05, 3.63) is 116 Å². The van der Waals surface area contributed by atoms with E-state index in [-0.39, 0.29) is 0 Å². The molecule has 160 valence electrons. The molecule has 0 aliphatic carbocycles. The molecule has 0 amide bonds. The van der Waals surface area contributed by atoms with E-state index in [9.17, 15) is 0 Å². The first-order valence-electron chi connectivity index (χ1n) is 9.80. The third-order valence-electron chi connectivity index (χ3n) is 4.47. The lowest BCUT2D eigenvalue weighted by Crippen LogP contribution is -1.97. The van der Waals surface area contributed by atoms with E-state index in [2.05, 4.69) is 36.9 Å². The molecule has 0 N–H and O–H groups in total. The number of aliphatic imine (C=N–C) groups is 1. The average Bonchev–Trinajstić information content (AvgIpc) is 2.79. The van der Waals surface area contributed by atoms with Gasteiger partial charge in [0, 0.05) is 11.2 Å². The van der Waals surface area contributed by atoms with Gasteiger partial charge in [-0.05, 0) is 104 Å². The fourth-order valence-corrected chi connectivity index (χ4v) is 4.61. The van der Waals surface area contributed by atoms with Gasteiger partial charge in [-0.2, -0.15) is 0 Å². The van der Waals surface area contributed by atoms with Crippen LogP contribution in [0.3, 0.4) is 0 Å². The SMILES string of the molecule is Clc1cccc(COc2c(Br)cc(C=Nc3ccc(Oc4ccccc4)cc3)cc2Br)c1. The van der Waals surface area contributed by atoms with Crippen molar-refractivity contribution in [1.82, 2.24) is 0 Å². The van der Waals surface area contributed by atoms with Gasteiger partial charge in [-0.25, -0.2) is 0 Å². The van der Waals surface area contributed by atoms with Crippen molar-refractivity contribution in [3.63, 3.8) is 0 Å². The van der Waals surface area contributed by atoms with Crippen molar-refractivity contribution < 1.29 is 9.47 Å². The monoisotopic (exact) mass is 569 g/mol. The van der Waals surface area contributed by atoms with Gasteiger partial charge in [-0.15, -0.1) is 0 Å². The quantitative estimate of drug-likeness (QED) is 0.207. The van der Waals surface area contributed by atoms with Gasteiger partial charge in [0.05, 0.1) is 14.6 Å². The van der Waals surface area contributed by atoms with Crippen LogP contribution in [0.15, 0.2) is 105 Å². The predicted molar refractivity (Wildman–Crippen MR) is 138 cm³/mol. The maximum Gasteiger partial charge on any atom is 0.148 e. The topological polar surface area (TPSA) is 30.8 Å². The van der Waals surface area contributed by atoms with Crippen LogP contribution < -0.4 is 9.47 Å². The van der Waals surface area contributed by atoms with Crippen LogP contribution in [-0.4, -0.2) is 6.21 Å². The molecule has 0 aliphatic rings. The Morgan fingerprint density at radius 3 is 2.16 bits per heavy atom. The van der Waals surface area contributed by atoms with Crippen molar-refractivity contribution in [2.75, 3.05) is 0 Å². The second kappa shape index (κ2) is 10.8. The van der Waals surface area contributed by atoms with Gasteiger partial charge in [0.1, 0.15) is 23.9 Å². The van der Waals surface area contributed by atoms with E-state index in [0.717, 1.165) is 43.0 Å². The number of ether oxygens (including phenoxy) is 2. The zero-order valence-corrected chi connectivity index (χ0v) is 20.8. The summed E-state index contributed by atoms with van der Waals surface area (Å²) >= 11 is 13.2. The lowest BCUT2D eigenvalue weighted by molar-refractivity contribution is 0.302. The van der Waals surface area contributed by atoms with Crippen LogP contribution in [0.2, 0.25) is 5.02 Å². The Morgan fingerprint density at radius 2 is 1.47 bits per heavy atom. The third-order valence-corrected chi connectivity index (χ3v) is 5.88. The number of nitrogens with zero attached hydrogens (tertiary/aromatic N) is 1. The van der Waals surface area contributed by atoms with Crippen LogP contribution in [-0.2, 0) is 6.61 Å². The van der Waals surface area contributed by atoms with Gasteiger partial charge in [0.15, 0.2) is 0 Å². The molecule has 4 aromatic rings. The van der Waals surface area contributed by atoms with Crippen LogP contribution in [0.1, 0.15) is 11.1 Å². The maximum absolute atomic E-state index is 6.04. The van der Waals surface area contributed by atoms with Gasteiger partial charge >= 0.3 is 0 Å². The molecule has 3 nitrogen and oxygen atoms in total. The highest BCUT2D eigenvalue weighted by atomic mass is 79.9. The number of para-hydroxylation sites is 1. The summed E-state index contributed by atoms with van der Waals surface area (Å²) in [5.74, 6) is 2.29. The van der Waals surface area contributed by atoms with Crippen molar-refractivity contribution in [2.24, 2.45) is 4.99 Å². The Kier molecular flexibility index (Phi) is 7.63. The standard InChI is InChI=1S/C26H18Br2ClNO2/c27-24-14-19(15-25(28)26(24)31-17-18-5-4-6-20(29)13-18)16-30-21-9-11-23(12-10-21)32-22-7-2-1-3-8-22/h1-16H,17H2. The smallest absolute Gasteiger partial charge is 0.148 e. The highest BCUT2D eigenvalue weighted by Crippen LogP contribution is 2.35. The van der Waals surface area contributed by atoms with Crippen molar-refractivity contribution in [1.29, 1.82) is 0 Å². The normalized spacial score (nSPS) is 11.0. The largest absolute Gasteiger partial charge is 0.487 e. The second-order valence-electron chi connectivity index (χ2n) is 6.90.